The second kappa shape index (κ2) is 8.77. The summed E-state index contributed by atoms with van der Waals surface area (Å²) in [5.74, 6) is 0.849. The first-order chi connectivity index (χ1) is 14.2. The van der Waals surface area contributed by atoms with Crippen LogP contribution in [0.15, 0.2) is 59.0 Å². The van der Waals surface area contributed by atoms with Crippen LogP contribution >= 0.6 is 0 Å². The molecule has 4 rings (SSSR count). The molecule has 0 aliphatic carbocycles. The zero-order chi connectivity index (χ0) is 20.1. The van der Waals surface area contributed by atoms with Gasteiger partial charge in [-0.1, -0.05) is 35.4 Å². The summed E-state index contributed by atoms with van der Waals surface area (Å²) in [4.78, 5) is 15.0. The molecule has 1 amide bonds. The molecule has 1 aliphatic rings. The van der Waals surface area contributed by atoms with Gasteiger partial charge in [0.05, 0.1) is 7.11 Å². The van der Waals surface area contributed by atoms with Gasteiger partial charge in [-0.15, -0.1) is 5.10 Å². The van der Waals surface area contributed by atoms with E-state index in [9.17, 15) is 4.79 Å². The van der Waals surface area contributed by atoms with Gasteiger partial charge in [0.15, 0.2) is 0 Å². The highest BCUT2D eigenvalue weighted by atomic mass is 16.5. The number of hydrogen-bond donors (Lipinski definition) is 1. The Morgan fingerprint density at radius 3 is 2.45 bits per heavy atom. The summed E-state index contributed by atoms with van der Waals surface area (Å²) < 4.78 is 11.1. The summed E-state index contributed by atoms with van der Waals surface area (Å²) in [7, 11) is 1.59. The van der Waals surface area contributed by atoms with Gasteiger partial charge in [0.2, 0.25) is 5.89 Å². The summed E-state index contributed by atoms with van der Waals surface area (Å²) in [6.07, 6.45) is 3.46. The first-order valence-electron chi connectivity index (χ1n) is 9.83. The molecule has 1 aromatic heterocycles. The van der Waals surface area contributed by atoms with Crippen LogP contribution in [0.4, 0.5) is 6.01 Å². The highest BCUT2D eigenvalue weighted by Crippen LogP contribution is 2.26. The zero-order valence-electron chi connectivity index (χ0n) is 16.4. The third-order valence-electron chi connectivity index (χ3n) is 5.06. The van der Waals surface area contributed by atoms with Gasteiger partial charge in [-0.25, -0.2) is 0 Å². The van der Waals surface area contributed by atoms with E-state index in [1.165, 1.54) is 6.42 Å². The lowest BCUT2D eigenvalue weighted by molar-refractivity contribution is 0.0938. The molecule has 1 atom stereocenters. The van der Waals surface area contributed by atoms with E-state index in [4.69, 9.17) is 9.15 Å². The van der Waals surface area contributed by atoms with Gasteiger partial charge in [-0.2, -0.15) is 0 Å². The van der Waals surface area contributed by atoms with Crippen molar-refractivity contribution in [3.8, 4) is 5.75 Å². The molecule has 1 aliphatic heterocycles. The Morgan fingerprint density at radius 2 is 1.76 bits per heavy atom. The molecular weight excluding hydrogens is 368 g/mol. The molecule has 1 saturated heterocycles. The normalized spacial score (nSPS) is 15.0. The summed E-state index contributed by atoms with van der Waals surface area (Å²) in [6.45, 7) is 1.83. The number of carbonyl (C=O) groups is 1. The number of nitrogens with one attached hydrogen (secondary N) is 1. The Kier molecular flexibility index (Phi) is 5.74. The molecule has 0 radical (unpaired) electrons. The number of ether oxygens (including phenoxy) is 1. The Morgan fingerprint density at radius 1 is 1.03 bits per heavy atom. The minimum absolute atomic E-state index is 0.223. The van der Waals surface area contributed by atoms with E-state index < -0.39 is 6.04 Å². The van der Waals surface area contributed by atoms with Gasteiger partial charge in [0.25, 0.3) is 5.91 Å². The maximum absolute atomic E-state index is 12.9. The van der Waals surface area contributed by atoms with Crippen molar-refractivity contribution in [2.75, 3.05) is 25.1 Å². The van der Waals surface area contributed by atoms with Gasteiger partial charge in [-0.05, 0) is 49.1 Å². The summed E-state index contributed by atoms with van der Waals surface area (Å²) in [6, 6.07) is 16.6. The van der Waals surface area contributed by atoms with Crippen molar-refractivity contribution >= 4 is 11.9 Å². The van der Waals surface area contributed by atoms with Crippen molar-refractivity contribution < 1.29 is 13.9 Å². The second-order valence-electron chi connectivity index (χ2n) is 7.02. The van der Waals surface area contributed by atoms with Gasteiger partial charge in [0.1, 0.15) is 11.8 Å². The smallest absolute Gasteiger partial charge is 0.318 e. The van der Waals surface area contributed by atoms with Crippen LogP contribution in [-0.2, 0) is 0 Å². The van der Waals surface area contributed by atoms with Gasteiger partial charge < -0.3 is 19.4 Å². The number of amides is 1. The molecule has 3 aromatic rings. The third-order valence-corrected chi connectivity index (χ3v) is 5.06. The van der Waals surface area contributed by atoms with Gasteiger partial charge in [-0.3, -0.25) is 4.79 Å². The number of benzene rings is 2. The van der Waals surface area contributed by atoms with Crippen LogP contribution in [0, 0.1) is 0 Å². The Balaban J connectivity index is 1.58. The molecule has 0 unspecified atom stereocenters. The Bertz CT molecular complexity index is 934. The molecule has 2 heterocycles. The van der Waals surface area contributed by atoms with Crippen molar-refractivity contribution in [1.29, 1.82) is 0 Å². The molecule has 1 fully saturated rings. The minimum atomic E-state index is -0.531. The average molecular weight is 392 g/mol. The SMILES string of the molecule is COc1ccc(C(=O)N[C@@H](c2ccccc2)c2nnc(N3CCCCC3)o2)cc1. The highest BCUT2D eigenvalue weighted by molar-refractivity contribution is 5.94. The highest BCUT2D eigenvalue weighted by Gasteiger charge is 2.25. The predicted octanol–water partition coefficient (Wildman–Crippen LogP) is 3.59. The van der Waals surface area contributed by atoms with Crippen LogP contribution in [0.2, 0.25) is 0 Å². The number of carbonyl (C=O) groups excluding carboxylic acids is 1. The summed E-state index contributed by atoms with van der Waals surface area (Å²) in [5.41, 5.74) is 1.41. The van der Waals surface area contributed by atoms with E-state index in [1.807, 2.05) is 30.3 Å². The quantitative estimate of drug-likeness (QED) is 0.691. The van der Waals surface area contributed by atoms with Crippen molar-refractivity contribution in [1.82, 2.24) is 15.5 Å². The van der Waals surface area contributed by atoms with Crippen LogP contribution in [0.1, 0.15) is 47.1 Å². The molecule has 0 bridgehead atoms. The van der Waals surface area contributed by atoms with E-state index in [0.29, 0.717) is 23.2 Å². The van der Waals surface area contributed by atoms with Gasteiger partial charge in [0, 0.05) is 18.7 Å². The Labute approximate surface area is 169 Å². The molecule has 0 spiro atoms. The largest absolute Gasteiger partial charge is 0.497 e. The monoisotopic (exact) mass is 392 g/mol. The minimum Gasteiger partial charge on any atom is -0.497 e. The molecule has 29 heavy (non-hydrogen) atoms. The van der Waals surface area contributed by atoms with Crippen LogP contribution in [0.25, 0.3) is 0 Å². The van der Waals surface area contributed by atoms with Crippen molar-refractivity contribution in [2.45, 2.75) is 25.3 Å². The maximum Gasteiger partial charge on any atom is 0.318 e. The van der Waals surface area contributed by atoms with Crippen LogP contribution in [0.5, 0.6) is 5.75 Å². The Hall–Kier alpha value is -3.35. The van der Waals surface area contributed by atoms with Crippen LogP contribution in [0.3, 0.4) is 0 Å². The van der Waals surface area contributed by atoms with Crippen molar-refractivity contribution in [3.63, 3.8) is 0 Å². The van der Waals surface area contributed by atoms with Crippen molar-refractivity contribution in [3.05, 3.63) is 71.6 Å². The maximum atomic E-state index is 12.9. The fourth-order valence-corrected chi connectivity index (χ4v) is 3.45. The fraction of sp³-hybridized carbons (Fsp3) is 0.318. The van der Waals surface area contributed by atoms with E-state index in [-0.39, 0.29) is 5.91 Å². The molecule has 2 aromatic carbocycles. The van der Waals surface area contributed by atoms with Crippen LogP contribution < -0.4 is 15.0 Å². The van der Waals surface area contributed by atoms with Crippen LogP contribution in [-0.4, -0.2) is 36.3 Å². The number of nitrogens with zero attached hydrogens (tertiary/aromatic N) is 3. The number of methoxy groups -OCH3 is 1. The number of anilines is 1. The first-order valence-corrected chi connectivity index (χ1v) is 9.83. The molecule has 7 heteroatoms. The van der Waals surface area contributed by atoms with Gasteiger partial charge >= 0.3 is 6.01 Å². The van der Waals surface area contributed by atoms with E-state index in [2.05, 4.69) is 20.4 Å². The standard InChI is InChI=1S/C22H24N4O3/c1-28-18-12-10-17(11-13-18)20(27)23-19(16-8-4-2-5-9-16)21-24-25-22(29-21)26-14-6-3-7-15-26/h2,4-5,8-13,19H,3,6-7,14-15H2,1H3,(H,23,27)/t19-/m0/s1. The first kappa shape index (κ1) is 19.0. The topological polar surface area (TPSA) is 80.5 Å². The lowest BCUT2D eigenvalue weighted by atomic mass is 10.1. The lowest BCUT2D eigenvalue weighted by Gasteiger charge is -2.24. The lowest BCUT2D eigenvalue weighted by Crippen LogP contribution is -2.30. The molecule has 150 valence electrons. The fourth-order valence-electron chi connectivity index (χ4n) is 3.45. The number of aromatic nitrogens is 2. The summed E-state index contributed by atoms with van der Waals surface area (Å²) >= 11 is 0. The molecule has 7 nitrogen and oxygen atoms in total. The average Bonchev–Trinajstić information content (AvgIpc) is 3.28. The number of rotatable bonds is 6. The zero-order valence-corrected chi connectivity index (χ0v) is 16.4. The molecule has 1 N–H and O–H groups in total. The third kappa shape index (κ3) is 4.39. The van der Waals surface area contributed by atoms with E-state index in [0.717, 1.165) is 31.5 Å². The second-order valence-corrected chi connectivity index (χ2v) is 7.02. The molecular formula is C22H24N4O3. The number of hydrogen-bond acceptors (Lipinski definition) is 6. The summed E-state index contributed by atoms with van der Waals surface area (Å²) in [5, 5.41) is 11.5. The predicted molar refractivity (Wildman–Crippen MR) is 109 cm³/mol. The van der Waals surface area contributed by atoms with E-state index >= 15 is 0 Å². The van der Waals surface area contributed by atoms with Crippen molar-refractivity contribution in [2.24, 2.45) is 0 Å². The number of piperidine rings is 1. The van der Waals surface area contributed by atoms with E-state index in [1.54, 1.807) is 31.4 Å². The molecule has 0 saturated carbocycles.